The fourth-order valence-corrected chi connectivity index (χ4v) is 1.88. The minimum Gasteiger partial charge on any atom is -0.294 e. The van der Waals surface area contributed by atoms with Crippen molar-refractivity contribution in [2.75, 3.05) is 0 Å². The van der Waals surface area contributed by atoms with E-state index in [0.29, 0.717) is 19.3 Å². The van der Waals surface area contributed by atoms with Gasteiger partial charge in [0.15, 0.2) is 5.78 Å². The van der Waals surface area contributed by atoms with E-state index in [1.807, 2.05) is 0 Å². The second kappa shape index (κ2) is 3.15. The van der Waals surface area contributed by atoms with Crippen LogP contribution in [0.3, 0.4) is 0 Å². The van der Waals surface area contributed by atoms with E-state index in [1.54, 1.807) is 0 Å². The molecule has 0 radical (unpaired) electrons. The summed E-state index contributed by atoms with van der Waals surface area (Å²) in [6, 6.07) is 1.16. The molecule has 1 nitrogen and oxygen atoms in total. The van der Waals surface area contributed by atoms with Crippen LogP contribution in [-0.4, -0.2) is 5.78 Å². The smallest absolute Gasteiger partial charge is 0.166 e. The summed E-state index contributed by atoms with van der Waals surface area (Å²) in [5.41, 5.74) is 0.439. The highest BCUT2D eigenvalue weighted by Gasteiger charge is 2.25. The normalized spacial score (nSPS) is 15.5. The number of hydrogen-bond acceptors (Lipinski definition) is 1. The topological polar surface area (TPSA) is 17.1 Å². The van der Waals surface area contributed by atoms with Crippen LogP contribution in [0.25, 0.3) is 0 Å². The zero-order valence-corrected chi connectivity index (χ0v) is 7.86. The van der Waals surface area contributed by atoms with Crippen molar-refractivity contribution in [2.45, 2.75) is 26.2 Å². The van der Waals surface area contributed by atoms with Crippen LogP contribution in [0.2, 0.25) is 0 Å². The van der Waals surface area contributed by atoms with Crippen molar-refractivity contribution in [3.05, 3.63) is 34.4 Å². The standard InChI is InChI=1S/C11H10F2O/c1-6-5-8(12)7-3-2-4-9(14)10(7)11(6)13/h5H,2-4H2,1H3. The van der Waals surface area contributed by atoms with Crippen molar-refractivity contribution >= 4 is 5.78 Å². The average molecular weight is 196 g/mol. The van der Waals surface area contributed by atoms with Gasteiger partial charge in [-0.05, 0) is 31.4 Å². The van der Waals surface area contributed by atoms with Crippen LogP contribution in [0, 0.1) is 18.6 Å². The molecule has 0 aromatic heterocycles. The molecule has 1 aliphatic rings. The van der Waals surface area contributed by atoms with E-state index in [9.17, 15) is 13.6 Å². The molecule has 0 unspecified atom stereocenters. The molecule has 0 aliphatic heterocycles. The molecular weight excluding hydrogens is 186 g/mol. The predicted molar refractivity (Wildman–Crippen MR) is 48.4 cm³/mol. The lowest BCUT2D eigenvalue weighted by molar-refractivity contribution is 0.0967. The molecule has 0 N–H and O–H groups in total. The summed E-state index contributed by atoms with van der Waals surface area (Å²) in [7, 11) is 0. The average Bonchev–Trinajstić information content (AvgIpc) is 2.14. The summed E-state index contributed by atoms with van der Waals surface area (Å²) in [6.45, 7) is 1.47. The third kappa shape index (κ3) is 1.24. The van der Waals surface area contributed by atoms with E-state index in [0.717, 1.165) is 6.07 Å². The molecule has 14 heavy (non-hydrogen) atoms. The lowest BCUT2D eigenvalue weighted by Gasteiger charge is -2.16. The molecule has 0 atom stereocenters. The van der Waals surface area contributed by atoms with Gasteiger partial charge >= 0.3 is 0 Å². The zero-order chi connectivity index (χ0) is 10.3. The fourth-order valence-electron chi connectivity index (χ4n) is 1.88. The summed E-state index contributed by atoms with van der Waals surface area (Å²) >= 11 is 0. The predicted octanol–water partition coefficient (Wildman–Crippen LogP) is 2.79. The van der Waals surface area contributed by atoms with Crippen molar-refractivity contribution in [1.29, 1.82) is 0 Å². The van der Waals surface area contributed by atoms with Crippen molar-refractivity contribution in [2.24, 2.45) is 0 Å². The van der Waals surface area contributed by atoms with Gasteiger partial charge in [0.05, 0.1) is 5.56 Å². The monoisotopic (exact) mass is 196 g/mol. The zero-order valence-electron chi connectivity index (χ0n) is 7.86. The molecule has 0 saturated carbocycles. The van der Waals surface area contributed by atoms with Crippen LogP contribution in [0.15, 0.2) is 6.07 Å². The summed E-state index contributed by atoms with van der Waals surface area (Å²) in [5, 5.41) is 0. The molecule has 1 aliphatic carbocycles. The highest BCUT2D eigenvalue weighted by atomic mass is 19.1. The Balaban J connectivity index is 2.73. The Kier molecular flexibility index (Phi) is 2.10. The van der Waals surface area contributed by atoms with Gasteiger partial charge in [-0.15, -0.1) is 0 Å². The van der Waals surface area contributed by atoms with Gasteiger partial charge in [0.2, 0.25) is 0 Å². The van der Waals surface area contributed by atoms with E-state index >= 15 is 0 Å². The van der Waals surface area contributed by atoms with Gasteiger partial charge in [0.1, 0.15) is 11.6 Å². The van der Waals surface area contributed by atoms with Crippen LogP contribution in [0.1, 0.15) is 34.3 Å². The summed E-state index contributed by atoms with van der Waals surface area (Å²) in [5.74, 6) is -1.27. The number of Topliss-reactive ketones (excluding diaryl/α,β-unsaturated/α-hetero) is 1. The van der Waals surface area contributed by atoms with Gasteiger partial charge in [-0.1, -0.05) is 0 Å². The number of hydrogen-bond donors (Lipinski definition) is 0. The van der Waals surface area contributed by atoms with Crippen LogP contribution in [0.5, 0.6) is 0 Å². The number of fused-ring (bicyclic) bond motifs is 1. The van der Waals surface area contributed by atoms with Crippen molar-refractivity contribution < 1.29 is 13.6 Å². The van der Waals surface area contributed by atoms with E-state index < -0.39 is 11.6 Å². The summed E-state index contributed by atoms with van der Waals surface area (Å²) in [6.07, 6.45) is 1.40. The Morgan fingerprint density at radius 3 is 2.71 bits per heavy atom. The first kappa shape index (κ1) is 9.31. The molecule has 0 bridgehead atoms. The highest BCUT2D eigenvalue weighted by molar-refractivity contribution is 5.98. The van der Waals surface area contributed by atoms with Crippen molar-refractivity contribution in [3.8, 4) is 0 Å². The van der Waals surface area contributed by atoms with Crippen LogP contribution >= 0.6 is 0 Å². The summed E-state index contributed by atoms with van der Waals surface area (Å²) < 4.78 is 26.9. The second-order valence-electron chi connectivity index (χ2n) is 3.62. The minimum atomic E-state index is -0.550. The van der Waals surface area contributed by atoms with E-state index in [2.05, 4.69) is 0 Å². The Morgan fingerprint density at radius 1 is 1.29 bits per heavy atom. The van der Waals surface area contributed by atoms with Gasteiger partial charge in [-0.2, -0.15) is 0 Å². The molecule has 3 heteroatoms. The highest BCUT2D eigenvalue weighted by Crippen LogP contribution is 2.28. The number of ketones is 1. The number of carbonyl (C=O) groups excluding carboxylic acids is 1. The quantitative estimate of drug-likeness (QED) is 0.623. The van der Waals surface area contributed by atoms with E-state index in [-0.39, 0.29) is 22.5 Å². The van der Waals surface area contributed by atoms with Crippen molar-refractivity contribution in [3.63, 3.8) is 0 Å². The summed E-state index contributed by atoms with van der Waals surface area (Å²) in [4.78, 5) is 11.4. The molecule has 0 saturated heterocycles. The minimum absolute atomic E-state index is 0.0197. The van der Waals surface area contributed by atoms with Gasteiger partial charge in [0.25, 0.3) is 0 Å². The number of carbonyl (C=O) groups is 1. The van der Waals surface area contributed by atoms with Gasteiger partial charge in [-0.25, -0.2) is 8.78 Å². The maximum Gasteiger partial charge on any atom is 0.166 e. The molecular formula is C11H10F2O. The number of halogens is 2. The SMILES string of the molecule is Cc1cc(F)c2c(c1F)C(=O)CCC2. The van der Waals surface area contributed by atoms with Gasteiger partial charge < -0.3 is 0 Å². The van der Waals surface area contributed by atoms with Crippen molar-refractivity contribution in [1.82, 2.24) is 0 Å². The second-order valence-corrected chi connectivity index (χ2v) is 3.62. The lowest BCUT2D eigenvalue weighted by Crippen LogP contribution is -2.16. The van der Waals surface area contributed by atoms with Crippen LogP contribution < -0.4 is 0 Å². The molecule has 1 aromatic rings. The molecule has 0 amide bonds. The van der Waals surface area contributed by atoms with E-state index in [1.165, 1.54) is 6.92 Å². The number of aryl methyl sites for hydroxylation is 1. The van der Waals surface area contributed by atoms with Gasteiger partial charge in [-0.3, -0.25) is 4.79 Å². The first-order valence-electron chi connectivity index (χ1n) is 4.62. The molecule has 1 aromatic carbocycles. The first-order valence-corrected chi connectivity index (χ1v) is 4.62. The maximum absolute atomic E-state index is 13.5. The van der Waals surface area contributed by atoms with Gasteiger partial charge in [0, 0.05) is 12.0 Å². The first-order chi connectivity index (χ1) is 6.61. The molecule has 0 spiro atoms. The Bertz CT molecular complexity index is 410. The third-order valence-electron chi connectivity index (χ3n) is 2.61. The Morgan fingerprint density at radius 2 is 2.00 bits per heavy atom. The van der Waals surface area contributed by atoms with Crippen LogP contribution in [-0.2, 0) is 6.42 Å². The van der Waals surface area contributed by atoms with Crippen LogP contribution in [0.4, 0.5) is 8.78 Å². The Hall–Kier alpha value is -1.25. The number of rotatable bonds is 0. The Labute approximate surface area is 80.7 Å². The fraction of sp³-hybridized carbons (Fsp3) is 0.364. The lowest BCUT2D eigenvalue weighted by atomic mass is 9.88. The van der Waals surface area contributed by atoms with E-state index in [4.69, 9.17) is 0 Å². The molecule has 0 fully saturated rings. The maximum atomic E-state index is 13.5. The third-order valence-corrected chi connectivity index (χ3v) is 2.61. The largest absolute Gasteiger partial charge is 0.294 e. The molecule has 0 heterocycles. The number of benzene rings is 1. The molecule has 74 valence electrons. The molecule has 2 rings (SSSR count).